The average molecular weight is 176 g/mol. The van der Waals surface area contributed by atoms with E-state index in [4.69, 9.17) is 11.6 Å². The number of likely N-dealkylation sites (tertiary alicyclic amines) is 1. The molecule has 0 amide bonds. The molecule has 1 rings (SSSR count). The van der Waals surface area contributed by atoms with Crippen LogP contribution in [-0.2, 0) is 0 Å². The summed E-state index contributed by atoms with van der Waals surface area (Å²) in [6.45, 7) is 4.65. The summed E-state index contributed by atoms with van der Waals surface area (Å²) in [7, 11) is 0. The van der Waals surface area contributed by atoms with Crippen molar-refractivity contribution in [1.29, 1.82) is 0 Å². The van der Waals surface area contributed by atoms with Crippen LogP contribution in [0.2, 0.25) is 0 Å². The Morgan fingerprint density at radius 2 is 2.18 bits per heavy atom. The molecule has 0 radical (unpaired) electrons. The van der Waals surface area contributed by atoms with E-state index < -0.39 is 0 Å². The molecule has 66 valence electrons. The minimum atomic E-state index is 0.657. The molecule has 0 aromatic heterocycles. The van der Waals surface area contributed by atoms with Gasteiger partial charge in [0.25, 0.3) is 0 Å². The second-order valence-corrected chi connectivity index (χ2v) is 3.59. The zero-order valence-corrected chi connectivity index (χ0v) is 8.11. The van der Waals surface area contributed by atoms with Gasteiger partial charge in [-0.15, -0.1) is 11.6 Å². The van der Waals surface area contributed by atoms with Crippen LogP contribution in [-0.4, -0.2) is 29.9 Å². The van der Waals surface area contributed by atoms with Gasteiger partial charge in [0.05, 0.1) is 0 Å². The summed E-state index contributed by atoms with van der Waals surface area (Å²) in [5, 5.41) is 0. The Hall–Kier alpha value is 0.250. The Kier molecular flexibility index (Phi) is 4.24. The van der Waals surface area contributed by atoms with E-state index in [1.165, 1.54) is 32.2 Å². The van der Waals surface area contributed by atoms with Crippen molar-refractivity contribution < 1.29 is 0 Å². The zero-order valence-electron chi connectivity index (χ0n) is 7.35. The van der Waals surface area contributed by atoms with E-state index in [9.17, 15) is 0 Å². The van der Waals surface area contributed by atoms with Gasteiger partial charge in [-0.05, 0) is 25.9 Å². The average Bonchev–Trinajstić information content (AvgIpc) is 2.27. The number of rotatable bonds is 2. The standard InChI is InChI=1S/C9H18ClN/c1-2-11-7-5-3-4-6-9(11)8-10/h9H,2-8H2,1H3. The predicted molar refractivity (Wildman–Crippen MR) is 50.2 cm³/mol. The van der Waals surface area contributed by atoms with E-state index in [0.717, 1.165) is 12.4 Å². The molecule has 1 heterocycles. The fraction of sp³-hybridized carbons (Fsp3) is 1.00. The van der Waals surface area contributed by atoms with E-state index in [1.54, 1.807) is 0 Å². The topological polar surface area (TPSA) is 3.24 Å². The largest absolute Gasteiger partial charge is 0.299 e. The number of halogens is 1. The third-order valence-corrected chi connectivity index (χ3v) is 2.94. The summed E-state index contributed by atoms with van der Waals surface area (Å²) in [5.41, 5.74) is 0. The van der Waals surface area contributed by atoms with Crippen LogP contribution in [0.25, 0.3) is 0 Å². The highest BCUT2D eigenvalue weighted by Gasteiger charge is 2.17. The molecule has 0 aliphatic carbocycles. The van der Waals surface area contributed by atoms with E-state index in [0.29, 0.717) is 6.04 Å². The van der Waals surface area contributed by atoms with Gasteiger partial charge in [0.1, 0.15) is 0 Å². The van der Waals surface area contributed by atoms with Gasteiger partial charge >= 0.3 is 0 Å². The van der Waals surface area contributed by atoms with Gasteiger partial charge in [0.15, 0.2) is 0 Å². The van der Waals surface area contributed by atoms with Gasteiger partial charge in [0, 0.05) is 11.9 Å². The maximum Gasteiger partial charge on any atom is 0.0379 e. The van der Waals surface area contributed by atoms with Crippen LogP contribution < -0.4 is 0 Å². The summed E-state index contributed by atoms with van der Waals surface area (Å²) >= 11 is 5.88. The Bertz CT molecular complexity index is 93.7. The molecule has 1 saturated heterocycles. The summed E-state index contributed by atoms with van der Waals surface area (Å²) in [4.78, 5) is 2.51. The second-order valence-electron chi connectivity index (χ2n) is 3.29. The van der Waals surface area contributed by atoms with E-state index in [-0.39, 0.29) is 0 Å². The highest BCUT2D eigenvalue weighted by atomic mass is 35.5. The van der Waals surface area contributed by atoms with Gasteiger partial charge in [-0.25, -0.2) is 0 Å². The molecular formula is C9H18ClN. The Balaban J connectivity index is 2.41. The molecule has 1 aliphatic heterocycles. The molecule has 2 heteroatoms. The monoisotopic (exact) mass is 175 g/mol. The third-order valence-electron chi connectivity index (χ3n) is 2.58. The zero-order chi connectivity index (χ0) is 8.10. The first-order chi connectivity index (χ1) is 5.38. The van der Waals surface area contributed by atoms with Crippen molar-refractivity contribution in [1.82, 2.24) is 4.90 Å². The fourth-order valence-electron chi connectivity index (χ4n) is 1.83. The second kappa shape index (κ2) is 5.00. The van der Waals surface area contributed by atoms with Crippen molar-refractivity contribution in [2.24, 2.45) is 0 Å². The highest BCUT2D eigenvalue weighted by Crippen LogP contribution is 2.16. The van der Waals surface area contributed by atoms with Crippen molar-refractivity contribution in [2.45, 2.75) is 38.6 Å². The lowest BCUT2D eigenvalue weighted by Crippen LogP contribution is -2.35. The number of hydrogen-bond acceptors (Lipinski definition) is 1. The van der Waals surface area contributed by atoms with E-state index >= 15 is 0 Å². The lowest BCUT2D eigenvalue weighted by atomic mass is 10.1. The Morgan fingerprint density at radius 1 is 1.36 bits per heavy atom. The van der Waals surface area contributed by atoms with Gasteiger partial charge in [0.2, 0.25) is 0 Å². The summed E-state index contributed by atoms with van der Waals surface area (Å²) in [6, 6.07) is 0.657. The molecule has 1 fully saturated rings. The summed E-state index contributed by atoms with van der Waals surface area (Å²) in [5.74, 6) is 0.813. The van der Waals surface area contributed by atoms with Crippen LogP contribution in [0, 0.1) is 0 Å². The lowest BCUT2D eigenvalue weighted by molar-refractivity contribution is 0.228. The minimum Gasteiger partial charge on any atom is -0.299 e. The van der Waals surface area contributed by atoms with Crippen LogP contribution in [0.1, 0.15) is 32.6 Å². The molecule has 1 atom stereocenters. The molecule has 0 aromatic carbocycles. The van der Waals surface area contributed by atoms with Crippen LogP contribution in [0.15, 0.2) is 0 Å². The third kappa shape index (κ3) is 2.64. The van der Waals surface area contributed by atoms with Gasteiger partial charge in [-0.1, -0.05) is 19.8 Å². The molecule has 0 saturated carbocycles. The highest BCUT2D eigenvalue weighted by molar-refractivity contribution is 6.18. The Morgan fingerprint density at radius 3 is 2.82 bits per heavy atom. The Labute approximate surface area is 74.7 Å². The van der Waals surface area contributed by atoms with Crippen LogP contribution in [0.4, 0.5) is 0 Å². The van der Waals surface area contributed by atoms with Crippen LogP contribution in [0.3, 0.4) is 0 Å². The van der Waals surface area contributed by atoms with Crippen molar-refractivity contribution in [3.8, 4) is 0 Å². The number of alkyl halides is 1. The maximum absolute atomic E-state index is 5.88. The molecule has 1 unspecified atom stereocenters. The van der Waals surface area contributed by atoms with Crippen LogP contribution in [0.5, 0.6) is 0 Å². The maximum atomic E-state index is 5.88. The minimum absolute atomic E-state index is 0.657. The molecule has 11 heavy (non-hydrogen) atoms. The number of nitrogens with zero attached hydrogens (tertiary/aromatic N) is 1. The summed E-state index contributed by atoms with van der Waals surface area (Å²) in [6.07, 6.45) is 5.43. The molecular weight excluding hydrogens is 158 g/mol. The molecule has 0 N–H and O–H groups in total. The van der Waals surface area contributed by atoms with Gasteiger partial charge < -0.3 is 0 Å². The van der Waals surface area contributed by atoms with Crippen molar-refractivity contribution in [2.75, 3.05) is 19.0 Å². The van der Waals surface area contributed by atoms with E-state index in [2.05, 4.69) is 11.8 Å². The van der Waals surface area contributed by atoms with Crippen molar-refractivity contribution in [3.63, 3.8) is 0 Å². The van der Waals surface area contributed by atoms with Crippen LogP contribution >= 0.6 is 11.6 Å². The first-order valence-corrected chi connectivity index (χ1v) is 5.22. The van der Waals surface area contributed by atoms with Gasteiger partial charge in [-0.2, -0.15) is 0 Å². The van der Waals surface area contributed by atoms with Gasteiger partial charge in [-0.3, -0.25) is 4.90 Å². The quantitative estimate of drug-likeness (QED) is 0.583. The van der Waals surface area contributed by atoms with Crippen molar-refractivity contribution in [3.05, 3.63) is 0 Å². The molecule has 1 nitrogen and oxygen atoms in total. The van der Waals surface area contributed by atoms with Crippen molar-refractivity contribution >= 4 is 11.6 Å². The predicted octanol–water partition coefficient (Wildman–Crippen LogP) is 2.49. The fourth-order valence-corrected chi connectivity index (χ4v) is 2.18. The summed E-state index contributed by atoms with van der Waals surface area (Å²) < 4.78 is 0. The molecule has 1 aliphatic rings. The molecule has 0 aromatic rings. The normalized spacial score (nSPS) is 28.4. The molecule has 0 spiro atoms. The lowest BCUT2D eigenvalue weighted by Gasteiger charge is -2.26. The number of hydrogen-bond donors (Lipinski definition) is 0. The first-order valence-electron chi connectivity index (χ1n) is 4.68. The molecule has 0 bridgehead atoms. The first kappa shape index (κ1) is 9.34. The van der Waals surface area contributed by atoms with E-state index in [1.807, 2.05) is 0 Å². The smallest absolute Gasteiger partial charge is 0.0379 e. The SMILES string of the molecule is CCN1CCCCCC1CCl.